The van der Waals surface area contributed by atoms with E-state index >= 15 is 0 Å². The van der Waals surface area contributed by atoms with Gasteiger partial charge in [0.15, 0.2) is 11.5 Å². The van der Waals surface area contributed by atoms with Gasteiger partial charge in [-0.25, -0.2) is 4.68 Å². The van der Waals surface area contributed by atoms with Crippen LogP contribution in [0, 0.1) is 19.8 Å². The molecule has 0 bridgehead atoms. The first-order valence-corrected chi connectivity index (χ1v) is 11.1. The van der Waals surface area contributed by atoms with Gasteiger partial charge in [0.1, 0.15) is 5.69 Å². The molecular weight excluding hydrogens is 380 g/mol. The SMILES string of the molecule is Cc1c(C(=O)Nc2c(C)n(C)n(C3CCCCC3)c2=O)noc1C1=CCC(C)CC1. The first kappa shape index (κ1) is 20.7. The van der Waals surface area contributed by atoms with Gasteiger partial charge in [0.05, 0.1) is 11.7 Å². The summed E-state index contributed by atoms with van der Waals surface area (Å²) in [5.74, 6) is 0.970. The zero-order chi connectivity index (χ0) is 21.4. The molecule has 0 aliphatic heterocycles. The standard InChI is InChI=1S/C23H32N4O3/c1-14-10-12-17(13-11-14)21-15(2)19(25-30-21)22(28)24-20-16(3)26(4)27(23(20)29)18-8-6-5-7-9-18/h12,14,18H,5-11,13H2,1-4H3,(H,24,28). The number of hydrogen-bond donors (Lipinski definition) is 1. The summed E-state index contributed by atoms with van der Waals surface area (Å²) in [4.78, 5) is 26.1. The van der Waals surface area contributed by atoms with E-state index in [2.05, 4.69) is 23.5 Å². The molecule has 2 heterocycles. The number of nitrogens with one attached hydrogen (secondary N) is 1. The number of aromatic nitrogens is 3. The van der Waals surface area contributed by atoms with Gasteiger partial charge in [0.2, 0.25) is 0 Å². The van der Waals surface area contributed by atoms with E-state index in [1.807, 2.05) is 25.6 Å². The van der Waals surface area contributed by atoms with Crippen molar-refractivity contribution in [2.24, 2.45) is 13.0 Å². The fourth-order valence-corrected chi connectivity index (χ4v) is 4.80. The lowest BCUT2D eigenvalue weighted by Gasteiger charge is -2.24. The Morgan fingerprint density at radius 1 is 1.20 bits per heavy atom. The average Bonchev–Trinajstić information content (AvgIpc) is 3.22. The van der Waals surface area contributed by atoms with Gasteiger partial charge in [-0.1, -0.05) is 37.4 Å². The van der Waals surface area contributed by atoms with E-state index in [1.54, 1.807) is 4.68 Å². The third-order valence-corrected chi connectivity index (χ3v) is 6.86. The highest BCUT2D eigenvalue weighted by molar-refractivity contribution is 6.04. The minimum Gasteiger partial charge on any atom is -0.356 e. The van der Waals surface area contributed by atoms with Crippen molar-refractivity contribution in [3.05, 3.63) is 39.1 Å². The second kappa shape index (κ2) is 8.28. The molecule has 1 fully saturated rings. The van der Waals surface area contributed by atoms with Gasteiger partial charge in [-0.3, -0.25) is 14.3 Å². The Labute approximate surface area is 177 Å². The van der Waals surface area contributed by atoms with Crippen LogP contribution in [0.2, 0.25) is 0 Å². The van der Waals surface area contributed by atoms with Crippen LogP contribution >= 0.6 is 0 Å². The molecule has 162 valence electrons. The molecule has 2 aromatic rings. The van der Waals surface area contributed by atoms with E-state index in [0.29, 0.717) is 17.4 Å². The number of anilines is 1. The van der Waals surface area contributed by atoms with Crippen LogP contribution in [0.25, 0.3) is 5.57 Å². The molecule has 30 heavy (non-hydrogen) atoms. The third kappa shape index (κ3) is 3.66. The van der Waals surface area contributed by atoms with Crippen LogP contribution in [0.15, 0.2) is 15.4 Å². The molecule has 1 amide bonds. The van der Waals surface area contributed by atoms with Gasteiger partial charge < -0.3 is 9.84 Å². The summed E-state index contributed by atoms with van der Waals surface area (Å²) in [6.07, 6.45) is 10.8. The molecule has 1 unspecified atom stereocenters. The molecular formula is C23H32N4O3. The smallest absolute Gasteiger partial charge is 0.291 e. The van der Waals surface area contributed by atoms with Crippen molar-refractivity contribution in [3.63, 3.8) is 0 Å². The Hall–Kier alpha value is -2.57. The molecule has 7 nitrogen and oxygen atoms in total. The fraction of sp³-hybridized carbons (Fsp3) is 0.609. The minimum atomic E-state index is -0.395. The lowest BCUT2D eigenvalue weighted by molar-refractivity contribution is 0.101. The summed E-state index contributed by atoms with van der Waals surface area (Å²) in [6, 6.07) is 0.196. The van der Waals surface area contributed by atoms with Gasteiger partial charge in [0.25, 0.3) is 11.5 Å². The Kier molecular flexibility index (Phi) is 5.71. The van der Waals surface area contributed by atoms with Crippen LogP contribution in [0.4, 0.5) is 5.69 Å². The normalized spacial score (nSPS) is 20.3. The molecule has 1 saturated carbocycles. The maximum atomic E-state index is 13.1. The van der Waals surface area contributed by atoms with Crippen molar-refractivity contribution in [2.45, 2.75) is 78.2 Å². The number of nitrogens with zero attached hydrogens (tertiary/aromatic N) is 3. The van der Waals surface area contributed by atoms with Crippen molar-refractivity contribution < 1.29 is 9.32 Å². The van der Waals surface area contributed by atoms with Crippen molar-refractivity contribution >= 4 is 17.2 Å². The van der Waals surface area contributed by atoms with Gasteiger partial charge in [-0.05, 0) is 57.4 Å². The van der Waals surface area contributed by atoms with Gasteiger partial charge in [0, 0.05) is 12.6 Å². The highest BCUT2D eigenvalue weighted by atomic mass is 16.5. The van der Waals surface area contributed by atoms with Crippen LogP contribution in [0.5, 0.6) is 0 Å². The van der Waals surface area contributed by atoms with E-state index in [1.165, 1.54) is 6.42 Å². The Morgan fingerprint density at radius 2 is 1.93 bits per heavy atom. The van der Waals surface area contributed by atoms with E-state index in [4.69, 9.17) is 4.52 Å². The molecule has 7 heteroatoms. The molecule has 2 aliphatic carbocycles. The lowest BCUT2D eigenvalue weighted by atomic mass is 9.89. The second-order valence-corrected chi connectivity index (χ2v) is 8.97. The van der Waals surface area contributed by atoms with Crippen molar-refractivity contribution in [1.82, 2.24) is 14.5 Å². The van der Waals surface area contributed by atoms with E-state index in [9.17, 15) is 9.59 Å². The Morgan fingerprint density at radius 3 is 2.60 bits per heavy atom. The predicted octanol–water partition coefficient (Wildman–Crippen LogP) is 4.75. The van der Waals surface area contributed by atoms with Crippen LogP contribution in [0.1, 0.15) is 91.8 Å². The van der Waals surface area contributed by atoms with Crippen molar-refractivity contribution in [2.75, 3.05) is 5.32 Å². The molecule has 0 aromatic carbocycles. The number of carbonyl (C=O) groups is 1. The van der Waals surface area contributed by atoms with Gasteiger partial charge in [-0.2, -0.15) is 0 Å². The molecule has 2 aliphatic rings. The number of allylic oxidation sites excluding steroid dienone is 2. The van der Waals surface area contributed by atoms with Crippen molar-refractivity contribution in [1.29, 1.82) is 0 Å². The zero-order valence-corrected chi connectivity index (χ0v) is 18.5. The second-order valence-electron chi connectivity index (χ2n) is 8.97. The van der Waals surface area contributed by atoms with Crippen LogP contribution < -0.4 is 10.9 Å². The summed E-state index contributed by atoms with van der Waals surface area (Å²) in [7, 11) is 1.89. The first-order chi connectivity index (χ1) is 14.4. The number of carbonyl (C=O) groups excluding carboxylic acids is 1. The van der Waals surface area contributed by atoms with Crippen LogP contribution in [-0.2, 0) is 7.05 Å². The zero-order valence-electron chi connectivity index (χ0n) is 18.5. The molecule has 4 rings (SSSR count). The Bertz CT molecular complexity index is 1030. The monoisotopic (exact) mass is 412 g/mol. The fourth-order valence-electron chi connectivity index (χ4n) is 4.80. The van der Waals surface area contributed by atoms with Crippen LogP contribution in [-0.4, -0.2) is 20.4 Å². The summed E-state index contributed by atoms with van der Waals surface area (Å²) < 4.78 is 9.23. The molecule has 1 N–H and O–H groups in total. The molecule has 2 aromatic heterocycles. The first-order valence-electron chi connectivity index (χ1n) is 11.1. The van der Waals surface area contributed by atoms with E-state index in [0.717, 1.165) is 61.8 Å². The highest BCUT2D eigenvalue weighted by Crippen LogP contribution is 2.33. The molecule has 0 saturated heterocycles. The summed E-state index contributed by atoms with van der Waals surface area (Å²) >= 11 is 0. The summed E-state index contributed by atoms with van der Waals surface area (Å²) in [5.41, 5.74) is 3.05. The number of amides is 1. The highest BCUT2D eigenvalue weighted by Gasteiger charge is 2.27. The van der Waals surface area contributed by atoms with E-state index < -0.39 is 5.91 Å². The van der Waals surface area contributed by atoms with Crippen molar-refractivity contribution in [3.8, 4) is 0 Å². The average molecular weight is 413 g/mol. The number of hydrogen-bond acceptors (Lipinski definition) is 4. The quantitative estimate of drug-likeness (QED) is 0.785. The lowest BCUT2D eigenvalue weighted by Crippen LogP contribution is -2.29. The summed E-state index contributed by atoms with van der Waals surface area (Å²) in [6.45, 7) is 5.96. The maximum Gasteiger partial charge on any atom is 0.291 e. The number of rotatable bonds is 4. The van der Waals surface area contributed by atoms with Crippen LogP contribution in [0.3, 0.4) is 0 Å². The molecule has 0 radical (unpaired) electrons. The molecule has 0 spiro atoms. The third-order valence-electron chi connectivity index (χ3n) is 6.86. The van der Waals surface area contributed by atoms with E-state index in [-0.39, 0.29) is 17.3 Å². The largest absolute Gasteiger partial charge is 0.356 e. The topological polar surface area (TPSA) is 82.1 Å². The maximum absolute atomic E-state index is 13.1. The molecule has 1 atom stereocenters. The predicted molar refractivity (Wildman–Crippen MR) is 117 cm³/mol. The minimum absolute atomic E-state index is 0.138. The van der Waals surface area contributed by atoms with Gasteiger partial charge in [-0.15, -0.1) is 0 Å². The van der Waals surface area contributed by atoms with Gasteiger partial charge >= 0.3 is 0 Å². The summed E-state index contributed by atoms with van der Waals surface area (Å²) in [5, 5.41) is 6.87. The Balaban J connectivity index is 1.59.